The molecule has 3 heterocycles. The molecule has 3 aromatic heterocycles. The lowest BCUT2D eigenvalue weighted by Gasteiger charge is -2.05. The zero-order valence-electron chi connectivity index (χ0n) is 11.2. The molecular weight excluding hydrogens is 278 g/mol. The Morgan fingerprint density at radius 3 is 2.80 bits per heavy atom. The fourth-order valence-corrected chi connectivity index (χ4v) is 2.35. The Hall–Kier alpha value is -2.08. The Kier molecular flexibility index (Phi) is 3.31. The number of pyridine rings is 1. The SMILES string of the molecule is COc1ccc2nc(CCl)n(Cc3cnn(C)c3)c2n1. The predicted molar refractivity (Wildman–Crippen MR) is 75.9 cm³/mol. The van der Waals surface area contributed by atoms with Gasteiger partial charge in [-0.3, -0.25) is 4.68 Å². The summed E-state index contributed by atoms with van der Waals surface area (Å²) in [5.41, 5.74) is 2.65. The van der Waals surface area contributed by atoms with Gasteiger partial charge in [0.1, 0.15) is 11.3 Å². The topological polar surface area (TPSA) is 57.8 Å². The van der Waals surface area contributed by atoms with Gasteiger partial charge in [0.2, 0.25) is 5.88 Å². The molecule has 0 fully saturated rings. The molecule has 0 aliphatic heterocycles. The van der Waals surface area contributed by atoms with Crippen molar-refractivity contribution in [2.45, 2.75) is 12.4 Å². The Morgan fingerprint density at radius 2 is 2.15 bits per heavy atom. The molecule has 7 heteroatoms. The van der Waals surface area contributed by atoms with E-state index in [0.29, 0.717) is 18.3 Å². The van der Waals surface area contributed by atoms with Gasteiger partial charge < -0.3 is 9.30 Å². The molecule has 104 valence electrons. The maximum Gasteiger partial charge on any atom is 0.215 e. The maximum absolute atomic E-state index is 5.99. The standard InChI is InChI=1S/C13H14ClN5O/c1-18-7-9(6-15-18)8-19-11(5-14)16-10-3-4-12(20-2)17-13(10)19/h3-4,6-7H,5,8H2,1-2H3. The Bertz CT molecular complexity index is 748. The van der Waals surface area contributed by atoms with Crippen molar-refractivity contribution >= 4 is 22.8 Å². The van der Waals surface area contributed by atoms with Crippen molar-refractivity contribution in [2.24, 2.45) is 7.05 Å². The van der Waals surface area contributed by atoms with E-state index in [9.17, 15) is 0 Å². The molecule has 3 rings (SSSR count). The average molecular weight is 292 g/mol. The molecule has 0 radical (unpaired) electrons. The van der Waals surface area contributed by atoms with Gasteiger partial charge in [-0.1, -0.05) is 0 Å². The lowest BCUT2D eigenvalue weighted by Crippen LogP contribution is -2.04. The number of rotatable bonds is 4. The van der Waals surface area contributed by atoms with Crippen LogP contribution in [0.3, 0.4) is 0 Å². The van der Waals surface area contributed by atoms with Crippen LogP contribution in [0.5, 0.6) is 5.88 Å². The summed E-state index contributed by atoms with van der Waals surface area (Å²) in [6, 6.07) is 3.68. The number of hydrogen-bond donors (Lipinski definition) is 0. The van der Waals surface area contributed by atoms with Crippen molar-refractivity contribution in [3.05, 3.63) is 35.9 Å². The molecule has 6 nitrogen and oxygen atoms in total. The van der Waals surface area contributed by atoms with Gasteiger partial charge in [0.15, 0.2) is 5.65 Å². The third-order valence-corrected chi connectivity index (χ3v) is 3.31. The summed E-state index contributed by atoms with van der Waals surface area (Å²) in [5, 5.41) is 4.17. The summed E-state index contributed by atoms with van der Waals surface area (Å²) in [6.07, 6.45) is 3.79. The molecule has 0 aliphatic carbocycles. The number of aromatic nitrogens is 5. The number of hydrogen-bond acceptors (Lipinski definition) is 4. The molecule has 3 aromatic rings. The van der Waals surface area contributed by atoms with Gasteiger partial charge in [-0.05, 0) is 6.07 Å². The van der Waals surface area contributed by atoms with Crippen LogP contribution in [-0.2, 0) is 19.5 Å². The van der Waals surface area contributed by atoms with E-state index in [1.807, 2.05) is 30.1 Å². The van der Waals surface area contributed by atoms with E-state index in [-0.39, 0.29) is 0 Å². The smallest absolute Gasteiger partial charge is 0.215 e. The fourth-order valence-electron chi connectivity index (χ4n) is 2.15. The Morgan fingerprint density at radius 1 is 1.30 bits per heavy atom. The van der Waals surface area contributed by atoms with Crippen LogP contribution in [0.15, 0.2) is 24.5 Å². The van der Waals surface area contributed by atoms with Crippen LogP contribution in [0.2, 0.25) is 0 Å². The van der Waals surface area contributed by atoms with Crippen molar-refractivity contribution in [1.29, 1.82) is 0 Å². The van der Waals surface area contributed by atoms with Crippen LogP contribution in [0.1, 0.15) is 11.4 Å². The number of fused-ring (bicyclic) bond motifs is 1. The summed E-state index contributed by atoms with van der Waals surface area (Å²) < 4.78 is 8.93. The third kappa shape index (κ3) is 2.22. The molecule has 0 bridgehead atoms. The molecule has 0 amide bonds. The van der Waals surface area contributed by atoms with Crippen LogP contribution in [-0.4, -0.2) is 31.4 Å². The Balaban J connectivity index is 2.10. The summed E-state index contributed by atoms with van der Waals surface area (Å²) in [5.74, 6) is 1.68. The molecule has 0 aliphatic rings. The van der Waals surface area contributed by atoms with Gasteiger partial charge in [0, 0.05) is 24.9 Å². The summed E-state index contributed by atoms with van der Waals surface area (Å²) in [7, 11) is 3.48. The summed E-state index contributed by atoms with van der Waals surface area (Å²) in [4.78, 5) is 8.95. The first kappa shape index (κ1) is 12.9. The van der Waals surface area contributed by atoms with E-state index in [0.717, 1.165) is 22.6 Å². The van der Waals surface area contributed by atoms with Gasteiger partial charge in [-0.2, -0.15) is 10.1 Å². The average Bonchev–Trinajstić information content (AvgIpc) is 3.03. The third-order valence-electron chi connectivity index (χ3n) is 3.07. The van der Waals surface area contributed by atoms with Crippen molar-refractivity contribution in [1.82, 2.24) is 24.3 Å². The first-order chi connectivity index (χ1) is 9.71. The van der Waals surface area contributed by atoms with Gasteiger partial charge in [0.05, 0.1) is 25.7 Å². The van der Waals surface area contributed by atoms with Crippen molar-refractivity contribution < 1.29 is 4.74 Å². The van der Waals surface area contributed by atoms with Crippen molar-refractivity contribution in [2.75, 3.05) is 7.11 Å². The van der Waals surface area contributed by atoms with Crippen LogP contribution in [0.4, 0.5) is 0 Å². The van der Waals surface area contributed by atoms with E-state index in [1.165, 1.54) is 0 Å². The van der Waals surface area contributed by atoms with Gasteiger partial charge in [-0.25, -0.2) is 4.98 Å². The quantitative estimate of drug-likeness (QED) is 0.690. The van der Waals surface area contributed by atoms with Crippen LogP contribution in [0.25, 0.3) is 11.2 Å². The number of halogens is 1. The van der Waals surface area contributed by atoms with Crippen LogP contribution >= 0.6 is 11.6 Å². The Labute approximate surface area is 121 Å². The second-order valence-corrected chi connectivity index (χ2v) is 4.73. The number of imidazole rings is 1. The first-order valence-corrected chi connectivity index (χ1v) is 6.68. The molecule has 0 saturated heterocycles. The van der Waals surface area contributed by atoms with E-state index < -0.39 is 0 Å². The molecule has 0 saturated carbocycles. The fraction of sp³-hybridized carbons (Fsp3) is 0.308. The molecule has 20 heavy (non-hydrogen) atoms. The molecule has 0 atom stereocenters. The minimum absolute atomic E-state index is 0.332. The zero-order valence-corrected chi connectivity index (χ0v) is 12.0. The minimum atomic E-state index is 0.332. The second kappa shape index (κ2) is 5.13. The molecule has 0 spiro atoms. The monoisotopic (exact) mass is 291 g/mol. The van der Waals surface area contributed by atoms with Gasteiger partial charge in [0.25, 0.3) is 0 Å². The maximum atomic E-state index is 5.99. The van der Waals surface area contributed by atoms with E-state index >= 15 is 0 Å². The zero-order chi connectivity index (χ0) is 14.1. The van der Waals surface area contributed by atoms with Gasteiger partial charge in [-0.15, -0.1) is 11.6 Å². The normalized spacial score (nSPS) is 11.2. The summed E-state index contributed by atoms with van der Waals surface area (Å²) >= 11 is 5.99. The van der Waals surface area contributed by atoms with E-state index in [1.54, 1.807) is 17.9 Å². The van der Waals surface area contributed by atoms with E-state index in [2.05, 4.69) is 15.1 Å². The van der Waals surface area contributed by atoms with Crippen LogP contribution in [0, 0.1) is 0 Å². The largest absolute Gasteiger partial charge is 0.481 e. The molecule has 0 aromatic carbocycles. The molecule has 0 N–H and O–H groups in total. The predicted octanol–water partition coefficient (Wildman–Crippen LogP) is 1.96. The summed E-state index contributed by atoms with van der Waals surface area (Å²) in [6.45, 7) is 0.632. The molecule has 0 unspecified atom stereocenters. The highest BCUT2D eigenvalue weighted by atomic mass is 35.5. The van der Waals surface area contributed by atoms with Crippen LogP contribution < -0.4 is 4.74 Å². The van der Waals surface area contributed by atoms with Crippen molar-refractivity contribution in [3.63, 3.8) is 0 Å². The molecular formula is C13H14ClN5O. The van der Waals surface area contributed by atoms with Gasteiger partial charge >= 0.3 is 0 Å². The lowest BCUT2D eigenvalue weighted by molar-refractivity contribution is 0.399. The second-order valence-electron chi connectivity index (χ2n) is 4.47. The van der Waals surface area contributed by atoms with E-state index in [4.69, 9.17) is 16.3 Å². The highest BCUT2D eigenvalue weighted by molar-refractivity contribution is 6.16. The minimum Gasteiger partial charge on any atom is -0.481 e. The number of methoxy groups -OCH3 is 1. The number of alkyl halides is 1. The van der Waals surface area contributed by atoms with Crippen molar-refractivity contribution in [3.8, 4) is 5.88 Å². The highest BCUT2D eigenvalue weighted by Gasteiger charge is 2.13. The number of ether oxygens (including phenoxy) is 1. The lowest BCUT2D eigenvalue weighted by atomic mass is 10.3. The first-order valence-electron chi connectivity index (χ1n) is 6.15. The number of nitrogens with zero attached hydrogens (tertiary/aromatic N) is 5. The highest BCUT2D eigenvalue weighted by Crippen LogP contribution is 2.20. The number of aryl methyl sites for hydroxylation is 1.